The molecule has 0 aliphatic carbocycles. The van der Waals surface area contributed by atoms with Crippen molar-refractivity contribution in [2.45, 2.75) is 68.0 Å². The van der Waals surface area contributed by atoms with Crippen molar-refractivity contribution >= 4 is 19.7 Å². The number of aryl methyl sites for hydroxylation is 1. The molecule has 2 atom stereocenters. The lowest BCUT2D eigenvalue weighted by Crippen LogP contribution is -2.42. The Morgan fingerprint density at radius 3 is 2.59 bits per heavy atom. The molecule has 8 nitrogen and oxygen atoms in total. The number of nitrogens with zero attached hydrogens (tertiary/aromatic N) is 2. The SMILES string of the molecule is COCn1nc(S(=O)(=O)CC(C)C)cc1C1CC(C)(S(=O)(=O)c2cccc(C)c2)CCO1. The molecule has 10 heteroatoms. The summed E-state index contributed by atoms with van der Waals surface area (Å²) in [6.45, 7) is 7.52. The maximum Gasteiger partial charge on any atom is 0.197 e. The van der Waals surface area contributed by atoms with Crippen LogP contribution in [0.15, 0.2) is 40.3 Å². The summed E-state index contributed by atoms with van der Waals surface area (Å²) in [5.74, 6) is -0.0776. The zero-order valence-electron chi connectivity index (χ0n) is 19.2. The van der Waals surface area contributed by atoms with Crippen LogP contribution in [0.2, 0.25) is 0 Å². The Balaban J connectivity index is 1.98. The van der Waals surface area contributed by atoms with Crippen molar-refractivity contribution < 1.29 is 26.3 Å². The summed E-state index contributed by atoms with van der Waals surface area (Å²) in [5.41, 5.74) is 1.37. The monoisotopic (exact) mass is 484 g/mol. The van der Waals surface area contributed by atoms with Gasteiger partial charge in [-0.2, -0.15) is 5.10 Å². The molecule has 0 radical (unpaired) electrons. The summed E-state index contributed by atoms with van der Waals surface area (Å²) in [6.07, 6.45) is -0.0991. The van der Waals surface area contributed by atoms with Gasteiger partial charge in [-0.05, 0) is 50.3 Å². The first-order valence-corrected chi connectivity index (χ1v) is 13.8. The van der Waals surface area contributed by atoms with E-state index in [1.54, 1.807) is 25.1 Å². The Bertz CT molecular complexity index is 1170. The van der Waals surface area contributed by atoms with Crippen LogP contribution in [0, 0.1) is 12.8 Å². The minimum atomic E-state index is -3.65. The van der Waals surface area contributed by atoms with Crippen LogP contribution in [0.1, 0.15) is 51.0 Å². The molecule has 0 N–H and O–H groups in total. The molecular weight excluding hydrogens is 452 g/mol. The van der Waals surface area contributed by atoms with Crippen molar-refractivity contribution in [3.05, 3.63) is 41.6 Å². The minimum Gasteiger partial charge on any atom is -0.372 e. The third kappa shape index (κ3) is 4.93. The highest BCUT2D eigenvalue weighted by atomic mass is 32.2. The Kier molecular flexibility index (Phi) is 7.19. The Morgan fingerprint density at radius 2 is 1.97 bits per heavy atom. The number of methoxy groups -OCH3 is 1. The van der Waals surface area contributed by atoms with Crippen molar-refractivity contribution in [3.8, 4) is 0 Å². The predicted molar refractivity (Wildman–Crippen MR) is 121 cm³/mol. The van der Waals surface area contributed by atoms with Gasteiger partial charge in [0.05, 0.1) is 21.1 Å². The molecule has 0 amide bonds. The fraction of sp³-hybridized carbons (Fsp3) is 0.591. The van der Waals surface area contributed by atoms with Crippen LogP contribution in [0.5, 0.6) is 0 Å². The van der Waals surface area contributed by atoms with E-state index in [4.69, 9.17) is 9.47 Å². The normalized spacial score (nSPS) is 22.4. The number of hydrogen-bond donors (Lipinski definition) is 0. The zero-order valence-corrected chi connectivity index (χ0v) is 20.9. The van der Waals surface area contributed by atoms with Gasteiger partial charge in [-0.1, -0.05) is 26.0 Å². The van der Waals surface area contributed by atoms with Crippen molar-refractivity contribution in [1.29, 1.82) is 0 Å². The maximum atomic E-state index is 13.5. The van der Waals surface area contributed by atoms with Crippen LogP contribution in [0.3, 0.4) is 0 Å². The molecule has 1 aromatic carbocycles. The van der Waals surface area contributed by atoms with E-state index in [9.17, 15) is 16.8 Å². The standard InChI is InChI=1S/C22H32N2O6S2/c1-16(2)14-31(25,26)21-12-19(24(23-21)15-29-5)20-13-22(4,9-10-30-20)32(27,28)18-8-6-7-17(3)11-18/h6-8,11-12,16,20H,9-10,13-15H2,1-5H3. The first kappa shape index (κ1) is 24.9. The largest absolute Gasteiger partial charge is 0.372 e. The molecule has 178 valence electrons. The molecule has 0 bridgehead atoms. The van der Waals surface area contributed by atoms with Gasteiger partial charge in [-0.25, -0.2) is 21.5 Å². The number of benzene rings is 1. The van der Waals surface area contributed by atoms with Gasteiger partial charge in [0, 0.05) is 19.8 Å². The zero-order chi connectivity index (χ0) is 23.7. The van der Waals surface area contributed by atoms with E-state index in [0.717, 1.165) is 5.56 Å². The molecule has 1 aliphatic rings. The number of hydrogen-bond acceptors (Lipinski definition) is 7. The first-order valence-electron chi connectivity index (χ1n) is 10.6. The maximum absolute atomic E-state index is 13.5. The topological polar surface area (TPSA) is 105 Å². The van der Waals surface area contributed by atoms with Gasteiger partial charge in [0.1, 0.15) is 12.8 Å². The average molecular weight is 485 g/mol. The molecule has 1 fully saturated rings. The Morgan fingerprint density at radius 1 is 1.25 bits per heavy atom. The second-order valence-electron chi connectivity index (χ2n) is 9.08. The molecular formula is C22H32N2O6S2. The molecule has 1 aliphatic heterocycles. The van der Waals surface area contributed by atoms with E-state index in [1.165, 1.54) is 17.9 Å². The molecule has 2 heterocycles. The molecule has 1 saturated heterocycles. The first-order chi connectivity index (χ1) is 14.9. The van der Waals surface area contributed by atoms with Crippen molar-refractivity contribution in [3.63, 3.8) is 0 Å². The van der Waals surface area contributed by atoms with Crippen molar-refractivity contribution in [2.24, 2.45) is 5.92 Å². The summed E-state index contributed by atoms with van der Waals surface area (Å²) >= 11 is 0. The number of aromatic nitrogens is 2. The number of sulfone groups is 2. The van der Waals surface area contributed by atoms with E-state index in [1.807, 2.05) is 26.8 Å². The second kappa shape index (κ2) is 9.24. The van der Waals surface area contributed by atoms with Crippen LogP contribution in [-0.4, -0.2) is 50.8 Å². The van der Waals surface area contributed by atoms with E-state index in [0.29, 0.717) is 12.1 Å². The highest BCUT2D eigenvalue weighted by molar-refractivity contribution is 7.92. The lowest BCUT2D eigenvalue weighted by molar-refractivity contribution is -0.00919. The molecule has 32 heavy (non-hydrogen) atoms. The van der Waals surface area contributed by atoms with Crippen LogP contribution in [0.25, 0.3) is 0 Å². The van der Waals surface area contributed by atoms with Gasteiger partial charge in [-0.15, -0.1) is 0 Å². The summed E-state index contributed by atoms with van der Waals surface area (Å²) in [5, 5.41) is 4.21. The van der Waals surface area contributed by atoms with E-state index in [2.05, 4.69) is 5.10 Å². The van der Waals surface area contributed by atoms with E-state index in [-0.39, 0.29) is 41.4 Å². The van der Waals surface area contributed by atoms with Crippen LogP contribution >= 0.6 is 0 Å². The Labute approximate surface area is 190 Å². The highest BCUT2D eigenvalue weighted by Gasteiger charge is 2.46. The fourth-order valence-electron chi connectivity index (χ4n) is 4.04. The van der Waals surface area contributed by atoms with E-state index < -0.39 is 30.5 Å². The molecule has 0 saturated carbocycles. The molecule has 2 aromatic rings. The molecule has 2 unspecified atom stereocenters. The average Bonchev–Trinajstić information content (AvgIpc) is 3.12. The lowest BCUT2D eigenvalue weighted by Gasteiger charge is -2.37. The van der Waals surface area contributed by atoms with E-state index >= 15 is 0 Å². The molecule has 3 rings (SSSR count). The summed E-state index contributed by atoms with van der Waals surface area (Å²) in [4.78, 5) is 0.284. The summed E-state index contributed by atoms with van der Waals surface area (Å²) < 4.78 is 64.1. The third-order valence-electron chi connectivity index (χ3n) is 5.76. The van der Waals surface area contributed by atoms with Crippen LogP contribution < -0.4 is 0 Å². The van der Waals surface area contributed by atoms with Gasteiger partial charge < -0.3 is 9.47 Å². The van der Waals surface area contributed by atoms with Crippen LogP contribution in [-0.2, 0) is 35.9 Å². The predicted octanol–water partition coefficient (Wildman–Crippen LogP) is 3.31. The fourth-order valence-corrected chi connectivity index (χ4v) is 7.50. The van der Waals surface area contributed by atoms with Gasteiger partial charge in [0.15, 0.2) is 24.7 Å². The van der Waals surface area contributed by atoms with Gasteiger partial charge in [-0.3, -0.25) is 0 Å². The van der Waals surface area contributed by atoms with Gasteiger partial charge in [0.2, 0.25) is 0 Å². The summed E-state index contributed by atoms with van der Waals surface area (Å²) in [6, 6.07) is 8.38. The second-order valence-corrected chi connectivity index (χ2v) is 13.5. The number of ether oxygens (including phenoxy) is 2. The summed E-state index contributed by atoms with van der Waals surface area (Å²) in [7, 11) is -5.74. The van der Waals surface area contributed by atoms with Crippen molar-refractivity contribution in [2.75, 3.05) is 19.5 Å². The highest BCUT2D eigenvalue weighted by Crippen LogP contribution is 2.42. The lowest BCUT2D eigenvalue weighted by atomic mass is 9.95. The quantitative estimate of drug-likeness (QED) is 0.566. The molecule has 1 aromatic heterocycles. The smallest absolute Gasteiger partial charge is 0.197 e. The van der Waals surface area contributed by atoms with Gasteiger partial charge >= 0.3 is 0 Å². The minimum absolute atomic E-state index is 0.0264. The number of rotatable bonds is 8. The van der Waals surface area contributed by atoms with Gasteiger partial charge in [0.25, 0.3) is 0 Å². The van der Waals surface area contributed by atoms with Crippen molar-refractivity contribution in [1.82, 2.24) is 9.78 Å². The third-order valence-corrected chi connectivity index (χ3v) is 10.2. The molecule has 0 spiro atoms. The Hall–Kier alpha value is -1.75. The van der Waals surface area contributed by atoms with Crippen LogP contribution in [0.4, 0.5) is 0 Å².